The molecule has 4 heteroatoms. The lowest BCUT2D eigenvalue weighted by Gasteiger charge is -2.09. The number of anilines is 1. The predicted molar refractivity (Wildman–Crippen MR) is 71.6 cm³/mol. The fraction of sp³-hybridized carbons (Fsp3) is 0.154. The van der Waals surface area contributed by atoms with Crippen LogP contribution in [-0.4, -0.2) is 4.57 Å². The minimum atomic E-state index is 0.655. The summed E-state index contributed by atoms with van der Waals surface area (Å²) in [6.07, 6.45) is 2.00. The Morgan fingerprint density at radius 3 is 2.88 bits per heavy atom. The first-order valence-electron chi connectivity index (χ1n) is 5.24. The number of nitrogens with zero attached hydrogens (tertiary/aromatic N) is 2. The zero-order valence-corrected chi connectivity index (χ0v) is 11.0. The van der Waals surface area contributed by atoms with Gasteiger partial charge in [0.2, 0.25) is 0 Å². The normalized spacial score (nSPS) is 9.94. The quantitative estimate of drug-likeness (QED) is 0.942. The summed E-state index contributed by atoms with van der Waals surface area (Å²) in [6.45, 7) is 0.703. The van der Waals surface area contributed by atoms with E-state index in [0.29, 0.717) is 12.1 Å². The maximum Gasteiger partial charge on any atom is 0.101 e. The second-order valence-corrected chi connectivity index (χ2v) is 4.68. The average molecular weight is 290 g/mol. The Morgan fingerprint density at radius 2 is 2.24 bits per heavy atom. The van der Waals surface area contributed by atoms with Crippen LogP contribution in [0.4, 0.5) is 5.69 Å². The highest BCUT2D eigenvalue weighted by Crippen LogP contribution is 2.21. The molecule has 0 unspecified atom stereocenters. The third-order valence-electron chi connectivity index (χ3n) is 2.61. The summed E-state index contributed by atoms with van der Waals surface area (Å²) < 4.78 is 3.02. The van der Waals surface area contributed by atoms with Gasteiger partial charge < -0.3 is 9.88 Å². The summed E-state index contributed by atoms with van der Waals surface area (Å²) in [5, 5.41) is 12.3. The van der Waals surface area contributed by atoms with Gasteiger partial charge in [-0.1, -0.05) is 15.9 Å². The van der Waals surface area contributed by atoms with E-state index in [4.69, 9.17) is 5.26 Å². The molecule has 0 saturated heterocycles. The van der Waals surface area contributed by atoms with Crippen LogP contribution >= 0.6 is 15.9 Å². The minimum Gasteiger partial charge on any atom is -0.378 e. The van der Waals surface area contributed by atoms with Gasteiger partial charge in [0.25, 0.3) is 0 Å². The zero-order chi connectivity index (χ0) is 12.3. The van der Waals surface area contributed by atoms with Crippen LogP contribution in [0, 0.1) is 11.3 Å². The predicted octanol–water partition coefficient (Wildman–Crippen LogP) is 3.27. The molecule has 0 spiro atoms. The number of halogens is 1. The maximum atomic E-state index is 9.01. The van der Waals surface area contributed by atoms with Gasteiger partial charge in [0.1, 0.15) is 6.07 Å². The largest absolute Gasteiger partial charge is 0.378 e. The van der Waals surface area contributed by atoms with Gasteiger partial charge in [-0.25, -0.2) is 0 Å². The first-order valence-corrected chi connectivity index (χ1v) is 6.04. The van der Waals surface area contributed by atoms with Gasteiger partial charge in [0.15, 0.2) is 0 Å². The molecule has 1 aromatic carbocycles. The van der Waals surface area contributed by atoms with Crippen molar-refractivity contribution in [2.75, 3.05) is 5.32 Å². The second kappa shape index (κ2) is 5.07. The Kier molecular flexibility index (Phi) is 3.50. The molecule has 1 aromatic heterocycles. The Bertz CT molecular complexity index is 566. The highest BCUT2D eigenvalue weighted by molar-refractivity contribution is 9.10. The van der Waals surface area contributed by atoms with Crippen LogP contribution in [-0.2, 0) is 13.6 Å². The van der Waals surface area contributed by atoms with Crippen molar-refractivity contribution < 1.29 is 0 Å². The van der Waals surface area contributed by atoms with Crippen LogP contribution in [0.3, 0.4) is 0 Å². The topological polar surface area (TPSA) is 40.8 Å². The Morgan fingerprint density at radius 1 is 1.41 bits per heavy atom. The van der Waals surface area contributed by atoms with E-state index in [9.17, 15) is 0 Å². The highest BCUT2D eigenvalue weighted by atomic mass is 79.9. The lowest BCUT2D eigenvalue weighted by Crippen LogP contribution is -2.05. The van der Waals surface area contributed by atoms with E-state index >= 15 is 0 Å². The van der Waals surface area contributed by atoms with E-state index in [1.165, 1.54) is 5.69 Å². The SMILES string of the molecule is Cn1cccc1CNc1cc(Br)ccc1C#N. The molecule has 0 radical (unpaired) electrons. The molecule has 17 heavy (non-hydrogen) atoms. The Hall–Kier alpha value is -1.73. The molecule has 86 valence electrons. The summed E-state index contributed by atoms with van der Waals surface area (Å²) in [5.41, 5.74) is 2.68. The maximum absolute atomic E-state index is 9.01. The van der Waals surface area contributed by atoms with Gasteiger partial charge in [-0.2, -0.15) is 5.26 Å². The van der Waals surface area contributed by atoms with E-state index < -0.39 is 0 Å². The highest BCUT2D eigenvalue weighted by Gasteiger charge is 2.03. The third kappa shape index (κ3) is 2.69. The van der Waals surface area contributed by atoms with Crippen molar-refractivity contribution in [3.8, 4) is 6.07 Å². The minimum absolute atomic E-state index is 0.655. The molecule has 0 amide bonds. The summed E-state index contributed by atoms with van der Waals surface area (Å²) >= 11 is 3.40. The molecule has 2 aromatic rings. The summed E-state index contributed by atoms with van der Waals surface area (Å²) in [5.74, 6) is 0. The van der Waals surface area contributed by atoms with Crippen molar-refractivity contribution in [1.29, 1.82) is 5.26 Å². The molecule has 0 fully saturated rings. The summed E-state index contributed by atoms with van der Waals surface area (Å²) in [7, 11) is 2.00. The molecule has 0 saturated carbocycles. The summed E-state index contributed by atoms with van der Waals surface area (Å²) in [4.78, 5) is 0. The molecule has 0 atom stereocenters. The van der Waals surface area contributed by atoms with E-state index in [1.54, 1.807) is 6.07 Å². The van der Waals surface area contributed by atoms with Gasteiger partial charge in [0, 0.05) is 23.4 Å². The molecule has 0 bridgehead atoms. The molecule has 0 aliphatic heterocycles. The molecule has 2 rings (SSSR count). The van der Waals surface area contributed by atoms with Crippen molar-refractivity contribution >= 4 is 21.6 Å². The fourth-order valence-corrected chi connectivity index (χ4v) is 1.99. The van der Waals surface area contributed by atoms with E-state index in [0.717, 1.165) is 10.2 Å². The standard InChI is InChI=1S/C13H12BrN3/c1-17-6-2-3-12(17)9-16-13-7-11(14)5-4-10(13)8-15/h2-7,16H,9H2,1H3. The van der Waals surface area contributed by atoms with E-state index in [2.05, 4.69) is 37.9 Å². The number of aromatic nitrogens is 1. The van der Waals surface area contributed by atoms with Gasteiger partial charge in [-0.3, -0.25) is 0 Å². The van der Waals surface area contributed by atoms with Crippen LogP contribution < -0.4 is 5.32 Å². The molecular formula is C13H12BrN3. The molecular weight excluding hydrogens is 278 g/mol. The number of aryl methyl sites for hydroxylation is 1. The van der Waals surface area contributed by atoms with Crippen LogP contribution in [0.25, 0.3) is 0 Å². The van der Waals surface area contributed by atoms with Crippen molar-refractivity contribution in [2.45, 2.75) is 6.54 Å². The first kappa shape index (κ1) is 11.7. The molecule has 3 nitrogen and oxygen atoms in total. The van der Waals surface area contributed by atoms with E-state index in [1.807, 2.05) is 31.4 Å². The number of benzene rings is 1. The molecule has 1 heterocycles. The van der Waals surface area contributed by atoms with Gasteiger partial charge in [0.05, 0.1) is 17.8 Å². The van der Waals surface area contributed by atoms with E-state index in [-0.39, 0.29) is 0 Å². The van der Waals surface area contributed by atoms with Gasteiger partial charge >= 0.3 is 0 Å². The van der Waals surface area contributed by atoms with Crippen molar-refractivity contribution in [3.63, 3.8) is 0 Å². The molecule has 0 aliphatic rings. The third-order valence-corrected chi connectivity index (χ3v) is 3.11. The van der Waals surface area contributed by atoms with Crippen LogP contribution in [0.15, 0.2) is 41.0 Å². The van der Waals surface area contributed by atoms with Crippen molar-refractivity contribution in [1.82, 2.24) is 4.57 Å². The monoisotopic (exact) mass is 289 g/mol. The first-order chi connectivity index (χ1) is 8.20. The van der Waals surface area contributed by atoms with Crippen LogP contribution in [0.5, 0.6) is 0 Å². The Balaban J connectivity index is 2.17. The zero-order valence-electron chi connectivity index (χ0n) is 9.44. The molecule has 1 N–H and O–H groups in total. The fourth-order valence-electron chi connectivity index (χ4n) is 1.63. The number of hydrogen-bond acceptors (Lipinski definition) is 2. The van der Waals surface area contributed by atoms with Crippen molar-refractivity contribution in [2.24, 2.45) is 7.05 Å². The van der Waals surface area contributed by atoms with Crippen molar-refractivity contribution in [3.05, 3.63) is 52.3 Å². The molecule has 0 aliphatic carbocycles. The number of rotatable bonds is 3. The number of nitrogens with one attached hydrogen (secondary N) is 1. The van der Waals surface area contributed by atoms with Crippen LogP contribution in [0.2, 0.25) is 0 Å². The second-order valence-electron chi connectivity index (χ2n) is 3.77. The lowest BCUT2D eigenvalue weighted by molar-refractivity contribution is 0.842. The smallest absolute Gasteiger partial charge is 0.101 e. The van der Waals surface area contributed by atoms with Gasteiger partial charge in [-0.15, -0.1) is 0 Å². The Labute approximate surface area is 109 Å². The average Bonchev–Trinajstić information content (AvgIpc) is 2.72. The summed E-state index contributed by atoms with van der Waals surface area (Å²) in [6, 6.07) is 11.8. The van der Waals surface area contributed by atoms with Gasteiger partial charge in [-0.05, 0) is 30.3 Å². The number of nitriles is 1. The van der Waals surface area contributed by atoms with Crippen LogP contribution in [0.1, 0.15) is 11.3 Å². The lowest BCUT2D eigenvalue weighted by atomic mass is 10.2. The number of hydrogen-bond donors (Lipinski definition) is 1.